The van der Waals surface area contributed by atoms with Crippen LogP contribution in [0.25, 0.3) is 33.4 Å². The first-order chi connectivity index (χ1) is 31.3. The first-order valence-corrected chi connectivity index (χ1v) is 21.9. The lowest BCUT2D eigenvalue weighted by Crippen LogP contribution is -2.30. The molecule has 0 N–H and O–H groups in total. The summed E-state index contributed by atoms with van der Waals surface area (Å²) in [7, 11) is 0. The minimum atomic E-state index is -0.626. The third-order valence-electron chi connectivity index (χ3n) is 13.6. The fraction of sp³-hybridized carbons (Fsp3) is 0.0323. The van der Waals surface area contributed by atoms with E-state index in [-0.39, 0.29) is 0 Å². The van der Waals surface area contributed by atoms with Crippen LogP contribution in [0.5, 0.6) is 0 Å². The smallest absolute Gasteiger partial charge is 0.0734 e. The van der Waals surface area contributed by atoms with Gasteiger partial charge in [-0.3, -0.25) is 0 Å². The third kappa shape index (κ3) is 5.36. The Kier molecular flexibility index (Phi) is 8.69. The molecule has 0 amide bonds. The Hall–Kier alpha value is -8.00. The molecule has 1 nitrogen and oxygen atoms in total. The summed E-state index contributed by atoms with van der Waals surface area (Å²) in [5.74, 6) is 0. The maximum atomic E-state index is 2.61. The van der Waals surface area contributed by atoms with Gasteiger partial charge in [0.25, 0.3) is 0 Å². The Bertz CT molecular complexity index is 3190. The Balaban J connectivity index is 1.25. The molecule has 2 aliphatic rings. The molecule has 10 aromatic rings. The van der Waals surface area contributed by atoms with E-state index in [1.807, 2.05) is 0 Å². The van der Waals surface area contributed by atoms with E-state index in [1.165, 1.54) is 72.3 Å². The molecular weight excluding hydrogens is 759 g/mol. The van der Waals surface area contributed by atoms with Gasteiger partial charge in [-0.15, -0.1) is 0 Å². The first kappa shape index (κ1) is 36.8. The molecule has 10 aromatic carbocycles. The molecule has 0 aliphatic heterocycles. The highest BCUT2D eigenvalue weighted by Gasteiger charge is 2.50. The summed E-state index contributed by atoms with van der Waals surface area (Å²) in [6.45, 7) is 0. The number of hydrogen-bond donors (Lipinski definition) is 0. The Morgan fingerprint density at radius 2 is 0.619 bits per heavy atom. The topological polar surface area (TPSA) is 3.24 Å². The van der Waals surface area contributed by atoms with Gasteiger partial charge in [0.2, 0.25) is 0 Å². The van der Waals surface area contributed by atoms with E-state index in [2.05, 4.69) is 266 Å². The monoisotopic (exact) mass is 801 g/mol. The minimum Gasteiger partial charge on any atom is -0.309 e. The first-order valence-electron chi connectivity index (χ1n) is 21.9. The summed E-state index contributed by atoms with van der Waals surface area (Å²) >= 11 is 0. The van der Waals surface area contributed by atoms with Gasteiger partial charge in [-0.25, -0.2) is 0 Å². The van der Waals surface area contributed by atoms with E-state index < -0.39 is 10.8 Å². The van der Waals surface area contributed by atoms with Crippen LogP contribution in [0.1, 0.15) is 44.5 Å². The second kappa shape index (κ2) is 14.9. The maximum Gasteiger partial charge on any atom is 0.0734 e. The van der Waals surface area contributed by atoms with Crippen LogP contribution in [-0.4, -0.2) is 0 Å². The van der Waals surface area contributed by atoms with Crippen molar-refractivity contribution in [2.24, 2.45) is 0 Å². The van der Waals surface area contributed by atoms with E-state index in [0.717, 1.165) is 22.6 Å². The van der Waals surface area contributed by atoms with E-state index in [0.29, 0.717) is 0 Å². The number of para-hydroxylation sites is 1. The predicted molar refractivity (Wildman–Crippen MR) is 261 cm³/mol. The van der Waals surface area contributed by atoms with Crippen molar-refractivity contribution in [2.75, 3.05) is 4.90 Å². The normalized spacial score (nSPS) is 13.7. The SMILES string of the molecule is c1ccc(-c2ccccc2N(c2cccc3c2-c2ccccc2C3(c2ccccc2)c2ccccc2)c2cccc3c2C(c2ccccc2)(c2ccccc2)c2ccccc2-3)cc1. The lowest BCUT2D eigenvalue weighted by atomic mass is 9.67. The van der Waals surface area contributed by atoms with Gasteiger partial charge in [-0.1, -0.05) is 243 Å². The van der Waals surface area contributed by atoms with E-state index in [4.69, 9.17) is 0 Å². The van der Waals surface area contributed by atoms with Gasteiger partial charge in [-0.05, 0) is 79.4 Å². The molecule has 0 radical (unpaired) electrons. The van der Waals surface area contributed by atoms with Crippen LogP contribution in [0.15, 0.2) is 261 Å². The second-order valence-electron chi connectivity index (χ2n) is 16.7. The minimum absolute atomic E-state index is 0.554. The molecule has 0 spiro atoms. The zero-order valence-corrected chi connectivity index (χ0v) is 34.8. The summed E-state index contributed by atoms with van der Waals surface area (Å²) in [6, 6.07) is 96.6. The highest BCUT2D eigenvalue weighted by atomic mass is 15.2. The van der Waals surface area contributed by atoms with Crippen molar-refractivity contribution in [1.82, 2.24) is 0 Å². The van der Waals surface area contributed by atoms with E-state index >= 15 is 0 Å². The molecule has 296 valence electrons. The van der Waals surface area contributed by atoms with Crippen LogP contribution in [0, 0.1) is 0 Å². The molecule has 0 saturated heterocycles. The quantitative estimate of drug-likeness (QED) is 0.148. The summed E-state index contributed by atoms with van der Waals surface area (Å²) < 4.78 is 0. The molecule has 0 saturated carbocycles. The molecule has 0 atom stereocenters. The Morgan fingerprint density at radius 3 is 1.21 bits per heavy atom. The van der Waals surface area contributed by atoms with Crippen molar-refractivity contribution in [3.63, 3.8) is 0 Å². The van der Waals surface area contributed by atoms with Crippen LogP contribution in [0.2, 0.25) is 0 Å². The molecule has 1 heteroatoms. The summed E-state index contributed by atoms with van der Waals surface area (Å²) in [4.78, 5) is 2.61. The van der Waals surface area contributed by atoms with Gasteiger partial charge in [0, 0.05) is 16.7 Å². The average Bonchev–Trinajstić information content (AvgIpc) is 3.85. The molecule has 0 heterocycles. The van der Waals surface area contributed by atoms with Gasteiger partial charge < -0.3 is 4.90 Å². The van der Waals surface area contributed by atoms with Crippen molar-refractivity contribution in [3.05, 3.63) is 305 Å². The standard InChI is InChI=1S/C62H43N/c1-6-24-44(25-7-1)49-34-18-21-41-56(49)63(57-42-23-40-55-59(57)52-36-17-20-39-54(52)61(55,45-26-8-2-9-27-45)46-28-10-3-11-29-46)58-43-22-37-51-50-35-16-19-38-53(50)62(60(51)58,47-30-12-4-13-31-47)48-32-14-5-15-33-48/h1-43H. The van der Waals surface area contributed by atoms with E-state index in [9.17, 15) is 0 Å². The van der Waals surface area contributed by atoms with Crippen molar-refractivity contribution >= 4 is 17.1 Å². The molecular formula is C62H43N. The molecule has 63 heavy (non-hydrogen) atoms. The predicted octanol–water partition coefficient (Wildman–Crippen LogP) is 15.5. The van der Waals surface area contributed by atoms with Crippen molar-refractivity contribution in [1.29, 1.82) is 0 Å². The number of anilines is 3. The number of benzene rings is 10. The van der Waals surface area contributed by atoms with Crippen LogP contribution in [0.3, 0.4) is 0 Å². The van der Waals surface area contributed by atoms with Gasteiger partial charge >= 0.3 is 0 Å². The van der Waals surface area contributed by atoms with Gasteiger partial charge in [0.1, 0.15) is 0 Å². The number of fused-ring (bicyclic) bond motifs is 6. The van der Waals surface area contributed by atoms with Crippen LogP contribution < -0.4 is 4.90 Å². The molecule has 0 fully saturated rings. The summed E-state index contributed by atoms with van der Waals surface area (Å²) in [5, 5.41) is 0. The molecule has 0 aromatic heterocycles. The van der Waals surface area contributed by atoms with Crippen molar-refractivity contribution in [3.8, 4) is 33.4 Å². The Labute approximate surface area is 369 Å². The zero-order valence-electron chi connectivity index (χ0n) is 34.8. The van der Waals surface area contributed by atoms with E-state index in [1.54, 1.807) is 0 Å². The lowest BCUT2D eigenvalue weighted by Gasteiger charge is -2.39. The van der Waals surface area contributed by atoms with Crippen molar-refractivity contribution in [2.45, 2.75) is 10.8 Å². The van der Waals surface area contributed by atoms with Crippen molar-refractivity contribution < 1.29 is 0 Å². The number of nitrogens with zero attached hydrogens (tertiary/aromatic N) is 1. The third-order valence-corrected chi connectivity index (χ3v) is 13.6. The zero-order chi connectivity index (χ0) is 41.8. The largest absolute Gasteiger partial charge is 0.309 e. The fourth-order valence-electron chi connectivity index (χ4n) is 11.2. The van der Waals surface area contributed by atoms with Gasteiger partial charge in [0.05, 0.1) is 27.9 Å². The fourth-order valence-corrected chi connectivity index (χ4v) is 11.2. The average molecular weight is 802 g/mol. The highest BCUT2D eigenvalue weighted by Crippen LogP contribution is 2.63. The maximum absolute atomic E-state index is 2.61. The van der Waals surface area contributed by atoms with Crippen LogP contribution in [0.4, 0.5) is 17.1 Å². The van der Waals surface area contributed by atoms with Crippen LogP contribution >= 0.6 is 0 Å². The highest BCUT2D eigenvalue weighted by molar-refractivity contribution is 6.02. The number of hydrogen-bond acceptors (Lipinski definition) is 1. The summed E-state index contributed by atoms with van der Waals surface area (Å²) in [5.41, 5.74) is 19.6. The Morgan fingerprint density at radius 1 is 0.238 bits per heavy atom. The van der Waals surface area contributed by atoms with Gasteiger partial charge in [-0.2, -0.15) is 0 Å². The second-order valence-corrected chi connectivity index (χ2v) is 16.7. The molecule has 0 bridgehead atoms. The summed E-state index contributed by atoms with van der Waals surface area (Å²) in [6.07, 6.45) is 0. The lowest BCUT2D eigenvalue weighted by molar-refractivity contribution is 0.766. The number of rotatable bonds is 8. The van der Waals surface area contributed by atoms with Crippen LogP contribution in [-0.2, 0) is 10.8 Å². The molecule has 12 rings (SSSR count). The molecule has 0 unspecified atom stereocenters. The van der Waals surface area contributed by atoms with Gasteiger partial charge in [0.15, 0.2) is 0 Å². The molecule has 2 aliphatic carbocycles.